The number of aliphatic hydroxyl groups excluding tert-OH is 1. The second kappa shape index (κ2) is 12.9. The van der Waals surface area contributed by atoms with Crippen LogP contribution in [0.2, 0.25) is 0 Å². The third kappa shape index (κ3) is 11.0. The summed E-state index contributed by atoms with van der Waals surface area (Å²) < 4.78 is 5.51. The third-order valence-corrected chi connectivity index (χ3v) is 4.06. The van der Waals surface area contributed by atoms with Crippen LogP contribution in [0.25, 0.3) is 0 Å². The first-order valence-corrected chi connectivity index (χ1v) is 8.97. The smallest absolute Gasteiger partial charge is 0.335 e. The quantitative estimate of drug-likeness (QED) is 0.435. The highest BCUT2D eigenvalue weighted by molar-refractivity contribution is 5.76. The fourth-order valence-corrected chi connectivity index (χ4v) is 2.66. The number of carboxylic acid groups (broad SMARTS) is 1. The molecular formula is C18H36O4. The lowest BCUT2D eigenvalue weighted by Gasteiger charge is -2.26. The van der Waals surface area contributed by atoms with Crippen molar-refractivity contribution in [1.29, 1.82) is 0 Å². The van der Waals surface area contributed by atoms with Crippen LogP contribution in [-0.2, 0) is 9.53 Å². The van der Waals surface area contributed by atoms with Crippen molar-refractivity contribution in [3.05, 3.63) is 0 Å². The zero-order valence-electron chi connectivity index (χ0n) is 14.8. The molecule has 2 N–H and O–H groups in total. The lowest BCUT2D eigenvalue weighted by Crippen LogP contribution is -2.41. The van der Waals surface area contributed by atoms with Crippen LogP contribution in [-0.4, -0.2) is 34.5 Å². The van der Waals surface area contributed by atoms with Gasteiger partial charge in [0, 0.05) is 13.0 Å². The molecule has 0 aliphatic heterocycles. The minimum Gasteiger partial charge on any atom is -0.479 e. The minimum absolute atomic E-state index is 0.125. The van der Waals surface area contributed by atoms with Crippen molar-refractivity contribution in [2.45, 2.75) is 103 Å². The Labute approximate surface area is 136 Å². The molecule has 0 aromatic heterocycles. The maximum absolute atomic E-state index is 11.2. The summed E-state index contributed by atoms with van der Waals surface area (Å²) in [5, 5.41) is 18.6. The Bertz CT molecular complexity index is 278. The molecule has 0 aliphatic carbocycles. The number of aliphatic hydroxyl groups is 1. The Kier molecular flexibility index (Phi) is 12.5. The molecular weight excluding hydrogens is 280 g/mol. The molecule has 0 bridgehead atoms. The average Bonchev–Trinajstić information content (AvgIpc) is 2.43. The van der Waals surface area contributed by atoms with E-state index in [0.29, 0.717) is 6.61 Å². The van der Waals surface area contributed by atoms with Gasteiger partial charge in [-0.15, -0.1) is 0 Å². The van der Waals surface area contributed by atoms with Crippen LogP contribution in [0.1, 0.15) is 91.4 Å². The lowest BCUT2D eigenvalue weighted by molar-refractivity contribution is -0.167. The van der Waals surface area contributed by atoms with Crippen LogP contribution in [0, 0.1) is 0 Å². The van der Waals surface area contributed by atoms with Crippen LogP contribution in [0.15, 0.2) is 0 Å². The van der Waals surface area contributed by atoms with Crippen molar-refractivity contribution in [2.75, 3.05) is 6.61 Å². The Balaban J connectivity index is 3.56. The zero-order chi connectivity index (χ0) is 16.8. The third-order valence-electron chi connectivity index (χ3n) is 4.06. The molecule has 0 amide bonds. The minimum atomic E-state index is -1.27. The monoisotopic (exact) mass is 316 g/mol. The van der Waals surface area contributed by atoms with E-state index in [9.17, 15) is 15.0 Å². The topological polar surface area (TPSA) is 66.8 Å². The highest BCUT2D eigenvalue weighted by Gasteiger charge is 2.35. The van der Waals surface area contributed by atoms with Gasteiger partial charge in [-0.1, -0.05) is 64.7 Å². The molecule has 0 spiro atoms. The van der Waals surface area contributed by atoms with Crippen LogP contribution in [0.4, 0.5) is 0 Å². The number of carbonyl (C=O) groups is 1. The van der Waals surface area contributed by atoms with Gasteiger partial charge in [-0.3, -0.25) is 0 Å². The van der Waals surface area contributed by atoms with Gasteiger partial charge in [0.1, 0.15) is 0 Å². The van der Waals surface area contributed by atoms with E-state index >= 15 is 0 Å². The van der Waals surface area contributed by atoms with Gasteiger partial charge in [-0.25, -0.2) is 4.79 Å². The van der Waals surface area contributed by atoms with Gasteiger partial charge in [0.25, 0.3) is 0 Å². The molecule has 132 valence electrons. The first kappa shape index (κ1) is 21.4. The summed E-state index contributed by atoms with van der Waals surface area (Å²) in [6.45, 7) is 5.81. The van der Waals surface area contributed by atoms with E-state index in [2.05, 4.69) is 6.92 Å². The summed E-state index contributed by atoms with van der Waals surface area (Å²) in [5.74, 6) is -1.000. The fourth-order valence-electron chi connectivity index (χ4n) is 2.66. The van der Waals surface area contributed by atoms with Crippen molar-refractivity contribution in [3.63, 3.8) is 0 Å². The maximum Gasteiger partial charge on any atom is 0.335 e. The Hall–Kier alpha value is -0.610. The summed E-state index contributed by atoms with van der Waals surface area (Å²) in [6.07, 6.45) is 11.9. The van der Waals surface area contributed by atoms with E-state index in [1.54, 1.807) is 13.8 Å². The fraction of sp³-hybridized carbons (Fsp3) is 0.944. The highest BCUT2D eigenvalue weighted by Crippen LogP contribution is 2.19. The van der Waals surface area contributed by atoms with E-state index in [1.165, 1.54) is 51.4 Å². The predicted molar refractivity (Wildman–Crippen MR) is 90.1 cm³/mol. The first-order valence-electron chi connectivity index (χ1n) is 8.97. The van der Waals surface area contributed by atoms with Crippen molar-refractivity contribution < 1.29 is 19.7 Å². The molecule has 4 nitrogen and oxygen atoms in total. The van der Waals surface area contributed by atoms with Gasteiger partial charge in [-0.2, -0.15) is 0 Å². The molecule has 0 saturated carbocycles. The van der Waals surface area contributed by atoms with Gasteiger partial charge in [0.05, 0.1) is 6.10 Å². The zero-order valence-corrected chi connectivity index (χ0v) is 14.8. The molecule has 0 saturated heterocycles. The molecule has 0 heterocycles. The molecule has 0 radical (unpaired) electrons. The summed E-state index contributed by atoms with van der Waals surface area (Å²) in [7, 11) is 0. The number of ether oxygens (including phenoxy) is 1. The van der Waals surface area contributed by atoms with Crippen molar-refractivity contribution in [2.24, 2.45) is 0 Å². The van der Waals surface area contributed by atoms with Gasteiger partial charge < -0.3 is 14.9 Å². The molecule has 0 rings (SSSR count). The molecule has 2 unspecified atom stereocenters. The number of rotatable bonds is 15. The summed E-state index contributed by atoms with van der Waals surface area (Å²) in [5.41, 5.74) is -1.27. The molecule has 2 atom stereocenters. The molecule has 22 heavy (non-hydrogen) atoms. The van der Waals surface area contributed by atoms with Crippen LogP contribution < -0.4 is 0 Å². The van der Waals surface area contributed by atoms with Crippen LogP contribution >= 0.6 is 0 Å². The average molecular weight is 316 g/mol. The number of hydrogen-bond donors (Lipinski definition) is 2. The molecule has 0 aliphatic rings. The van der Waals surface area contributed by atoms with Gasteiger partial charge in [0.15, 0.2) is 5.60 Å². The van der Waals surface area contributed by atoms with Crippen molar-refractivity contribution in [3.8, 4) is 0 Å². The Morgan fingerprint density at radius 2 is 1.45 bits per heavy atom. The van der Waals surface area contributed by atoms with Gasteiger partial charge >= 0.3 is 5.97 Å². The Morgan fingerprint density at radius 1 is 1.00 bits per heavy atom. The van der Waals surface area contributed by atoms with E-state index in [4.69, 9.17) is 4.74 Å². The van der Waals surface area contributed by atoms with Crippen molar-refractivity contribution in [1.82, 2.24) is 0 Å². The van der Waals surface area contributed by atoms with Crippen LogP contribution in [0.3, 0.4) is 0 Å². The summed E-state index contributed by atoms with van der Waals surface area (Å²) in [6, 6.07) is 0. The van der Waals surface area contributed by atoms with Crippen molar-refractivity contribution >= 4 is 5.97 Å². The second-order valence-electron chi connectivity index (χ2n) is 6.62. The summed E-state index contributed by atoms with van der Waals surface area (Å²) >= 11 is 0. The standard InChI is InChI=1S/C18H36O4/c1-4-5-6-7-8-9-10-11-12-13-14-22-18(3,17(20)21)15-16(2)19/h16,19H,4-15H2,1-3H3,(H,20,21). The van der Waals surface area contributed by atoms with E-state index in [-0.39, 0.29) is 6.42 Å². The Morgan fingerprint density at radius 3 is 1.86 bits per heavy atom. The number of unbranched alkanes of at least 4 members (excludes halogenated alkanes) is 9. The number of aliphatic carboxylic acids is 1. The summed E-state index contributed by atoms with van der Waals surface area (Å²) in [4.78, 5) is 11.2. The lowest BCUT2D eigenvalue weighted by atomic mass is 9.99. The van der Waals surface area contributed by atoms with Gasteiger partial charge in [0.2, 0.25) is 0 Å². The first-order chi connectivity index (χ1) is 10.4. The maximum atomic E-state index is 11.2. The second-order valence-corrected chi connectivity index (χ2v) is 6.62. The highest BCUT2D eigenvalue weighted by atomic mass is 16.5. The SMILES string of the molecule is CCCCCCCCCCCCOC(C)(CC(C)O)C(=O)O. The van der Waals surface area contributed by atoms with Crippen LogP contribution in [0.5, 0.6) is 0 Å². The molecule has 4 heteroatoms. The number of hydrogen-bond acceptors (Lipinski definition) is 3. The number of carboxylic acids is 1. The predicted octanol–water partition coefficient (Wildman–Crippen LogP) is 4.54. The van der Waals surface area contributed by atoms with E-state index in [0.717, 1.165) is 12.8 Å². The van der Waals surface area contributed by atoms with Gasteiger partial charge in [-0.05, 0) is 20.3 Å². The largest absolute Gasteiger partial charge is 0.479 e. The van der Waals surface area contributed by atoms with E-state index < -0.39 is 17.7 Å². The normalized spacial score (nSPS) is 15.5. The molecule has 0 aromatic carbocycles. The van der Waals surface area contributed by atoms with E-state index in [1.807, 2.05) is 0 Å². The molecule has 0 fully saturated rings. The molecule has 0 aromatic rings.